The summed E-state index contributed by atoms with van der Waals surface area (Å²) < 4.78 is 27.7. The first-order chi connectivity index (χ1) is 12.9. The van der Waals surface area contributed by atoms with Crippen LogP contribution in [0.5, 0.6) is 0 Å². The Labute approximate surface area is 173 Å². The van der Waals surface area contributed by atoms with E-state index in [1.54, 1.807) is 30.1 Å². The van der Waals surface area contributed by atoms with Gasteiger partial charge in [0.25, 0.3) is 5.91 Å². The van der Waals surface area contributed by atoms with Gasteiger partial charge in [-0.25, -0.2) is 8.42 Å². The molecule has 28 heavy (non-hydrogen) atoms. The number of likely N-dealkylation sites (N-methyl/N-ethyl adjacent to an activating group) is 2. The third-order valence-corrected chi connectivity index (χ3v) is 6.70. The van der Waals surface area contributed by atoms with Crippen LogP contribution in [0.2, 0.25) is 0 Å². The quantitative estimate of drug-likeness (QED) is 0.772. The molecule has 3 rings (SSSR count). The standard InChI is InChI=1S/C20H25N3O3S.ClH/c1-21-11-13-22(2)20(24)17-8-5-9-19(14-17)27(25,26)23-12-10-16-6-3-4-7-18(16)15-23;/h3-9,14,21H,10-13,15H2,1-2H3;1H. The Morgan fingerprint density at radius 3 is 2.57 bits per heavy atom. The van der Waals surface area contributed by atoms with Crippen molar-refractivity contribution in [3.8, 4) is 0 Å². The van der Waals surface area contributed by atoms with Crippen molar-refractivity contribution in [1.82, 2.24) is 14.5 Å². The Morgan fingerprint density at radius 2 is 1.86 bits per heavy atom. The Kier molecular flexibility index (Phi) is 7.60. The molecule has 0 unspecified atom stereocenters. The summed E-state index contributed by atoms with van der Waals surface area (Å²) in [5.41, 5.74) is 2.61. The van der Waals surface area contributed by atoms with Crippen molar-refractivity contribution in [2.75, 3.05) is 33.7 Å². The van der Waals surface area contributed by atoms with Crippen LogP contribution in [0.4, 0.5) is 0 Å². The van der Waals surface area contributed by atoms with Gasteiger partial charge in [0.05, 0.1) is 4.90 Å². The van der Waals surface area contributed by atoms with Gasteiger partial charge in [0, 0.05) is 38.8 Å². The molecule has 2 aromatic rings. The number of halogens is 1. The average molecular weight is 424 g/mol. The fraction of sp³-hybridized carbons (Fsp3) is 0.350. The van der Waals surface area contributed by atoms with E-state index in [2.05, 4.69) is 5.32 Å². The van der Waals surface area contributed by atoms with E-state index in [0.29, 0.717) is 38.2 Å². The van der Waals surface area contributed by atoms with E-state index in [4.69, 9.17) is 0 Å². The largest absolute Gasteiger partial charge is 0.340 e. The molecule has 0 saturated carbocycles. The molecule has 0 aromatic heterocycles. The van der Waals surface area contributed by atoms with Crippen molar-refractivity contribution in [2.45, 2.75) is 17.9 Å². The molecule has 0 spiro atoms. The molecule has 8 heteroatoms. The molecule has 1 amide bonds. The Morgan fingerprint density at radius 1 is 1.14 bits per heavy atom. The molecule has 1 aliphatic heterocycles. The van der Waals surface area contributed by atoms with Gasteiger partial charge in [0.1, 0.15) is 0 Å². The molecule has 1 heterocycles. The second kappa shape index (κ2) is 9.52. The van der Waals surface area contributed by atoms with Gasteiger partial charge in [-0.3, -0.25) is 4.79 Å². The molecule has 0 aliphatic carbocycles. The first-order valence-corrected chi connectivity index (χ1v) is 10.4. The molecule has 2 aromatic carbocycles. The number of benzene rings is 2. The summed E-state index contributed by atoms with van der Waals surface area (Å²) in [5, 5.41) is 3.00. The van der Waals surface area contributed by atoms with Crippen LogP contribution in [0.3, 0.4) is 0 Å². The highest BCUT2D eigenvalue weighted by Crippen LogP contribution is 2.25. The lowest BCUT2D eigenvalue weighted by atomic mass is 10.0. The van der Waals surface area contributed by atoms with Crippen LogP contribution in [-0.4, -0.2) is 57.3 Å². The van der Waals surface area contributed by atoms with Gasteiger partial charge >= 0.3 is 0 Å². The van der Waals surface area contributed by atoms with E-state index in [9.17, 15) is 13.2 Å². The lowest BCUT2D eigenvalue weighted by Crippen LogP contribution is -2.36. The van der Waals surface area contributed by atoms with Gasteiger partial charge in [-0.1, -0.05) is 30.3 Å². The second-order valence-electron chi connectivity index (χ2n) is 6.72. The number of fused-ring (bicyclic) bond motifs is 1. The summed E-state index contributed by atoms with van der Waals surface area (Å²) >= 11 is 0. The molecule has 0 fully saturated rings. The molecule has 1 N–H and O–H groups in total. The summed E-state index contributed by atoms with van der Waals surface area (Å²) in [6.45, 7) is 2.03. The number of nitrogens with zero attached hydrogens (tertiary/aromatic N) is 2. The molecule has 1 aliphatic rings. The minimum Gasteiger partial charge on any atom is -0.340 e. The number of nitrogens with one attached hydrogen (secondary N) is 1. The minimum absolute atomic E-state index is 0. The fourth-order valence-electron chi connectivity index (χ4n) is 3.22. The van der Waals surface area contributed by atoms with Crippen LogP contribution < -0.4 is 5.32 Å². The zero-order valence-corrected chi connectivity index (χ0v) is 17.7. The zero-order chi connectivity index (χ0) is 19.4. The maximum Gasteiger partial charge on any atom is 0.253 e. The normalized spacial score (nSPS) is 14.1. The van der Waals surface area contributed by atoms with Crippen LogP contribution in [0.15, 0.2) is 53.4 Å². The topological polar surface area (TPSA) is 69.7 Å². The van der Waals surface area contributed by atoms with Crippen LogP contribution in [-0.2, 0) is 23.0 Å². The number of amides is 1. The van der Waals surface area contributed by atoms with E-state index < -0.39 is 10.0 Å². The maximum atomic E-state index is 13.1. The Bertz CT molecular complexity index is 934. The zero-order valence-electron chi connectivity index (χ0n) is 16.1. The molecular formula is C20H26ClN3O3S. The molecule has 0 saturated heterocycles. The minimum atomic E-state index is -3.65. The van der Waals surface area contributed by atoms with Crippen LogP contribution in [0, 0.1) is 0 Å². The summed E-state index contributed by atoms with van der Waals surface area (Å²) in [6, 6.07) is 14.2. The SMILES string of the molecule is CNCCN(C)C(=O)c1cccc(S(=O)(=O)N2CCc3ccccc3C2)c1.Cl. The van der Waals surface area contributed by atoms with Crippen molar-refractivity contribution in [1.29, 1.82) is 0 Å². The number of sulfonamides is 1. The number of hydrogen-bond acceptors (Lipinski definition) is 4. The highest BCUT2D eigenvalue weighted by molar-refractivity contribution is 7.89. The molecule has 152 valence electrons. The fourth-order valence-corrected chi connectivity index (χ4v) is 4.68. The van der Waals surface area contributed by atoms with Crippen LogP contribution >= 0.6 is 12.4 Å². The lowest BCUT2D eigenvalue weighted by Gasteiger charge is -2.28. The van der Waals surface area contributed by atoms with Crippen molar-refractivity contribution in [3.63, 3.8) is 0 Å². The van der Waals surface area contributed by atoms with Gasteiger partial charge in [-0.05, 0) is 42.8 Å². The van der Waals surface area contributed by atoms with E-state index in [0.717, 1.165) is 5.56 Å². The van der Waals surface area contributed by atoms with E-state index in [1.165, 1.54) is 15.9 Å². The molecule has 0 radical (unpaired) electrons. The number of carbonyl (C=O) groups excluding carboxylic acids is 1. The maximum absolute atomic E-state index is 13.1. The van der Waals surface area contributed by atoms with E-state index >= 15 is 0 Å². The molecule has 6 nitrogen and oxygen atoms in total. The van der Waals surface area contributed by atoms with Gasteiger partial charge in [-0.2, -0.15) is 4.31 Å². The number of hydrogen-bond donors (Lipinski definition) is 1. The molecular weight excluding hydrogens is 398 g/mol. The van der Waals surface area contributed by atoms with Gasteiger partial charge < -0.3 is 10.2 Å². The lowest BCUT2D eigenvalue weighted by molar-refractivity contribution is 0.0796. The summed E-state index contributed by atoms with van der Waals surface area (Å²) in [4.78, 5) is 14.3. The van der Waals surface area contributed by atoms with E-state index in [-0.39, 0.29) is 23.2 Å². The highest BCUT2D eigenvalue weighted by Gasteiger charge is 2.28. The first-order valence-electron chi connectivity index (χ1n) is 9.00. The van der Waals surface area contributed by atoms with Gasteiger partial charge in [-0.15, -0.1) is 12.4 Å². The van der Waals surface area contributed by atoms with Crippen molar-refractivity contribution in [3.05, 3.63) is 65.2 Å². The summed E-state index contributed by atoms with van der Waals surface area (Å²) in [6.07, 6.45) is 0.695. The predicted octanol–water partition coefficient (Wildman–Crippen LogP) is 2.15. The van der Waals surface area contributed by atoms with Crippen molar-refractivity contribution in [2.24, 2.45) is 0 Å². The monoisotopic (exact) mass is 423 g/mol. The van der Waals surface area contributed by atoms with Gasteiger partial charge in [0.2, 0.25) is 10.0 Å². The van der Waals surface area contributed by atoms with Crippen LogP contribution in [0.1, 0.15) is 21.5 Å². The van der Waals surface area contributed by atoms with Crippen LogP contribution in [0.25, 0.3) is 0 Å². The van der Waals surface area contributed by atoms with E-state index in [1.807, 2.05) is 31.3 Å². The summed E-state index contributed by atoms with van der Waals surface area (Å²) in [7, 11) is -0.121. The third-order valence-electron chi connectivity index (χ3n) is 4.86. The number of carbonyl (C=O) groups is 1. The Hall–Kier alpha value is -1.93. The molecule has 0 bridgehead atoms. The smallest absolute Gasteiger partial charge is 0.253 e. The van der Waals surface area contributed by atoms with Gasteiger partial charge in [0.15, 0.2) is 0 Å². The predicted molar refractivity (Wildman–Crippen MR) is 112 cm³/mol. The summed E-state index contributed by atoms with van der Waals surface area (Å²) in [5.74, 6) is -0.189. The average Bonchev–Trinajstić information content (AvgIpc) is 2.71. The highest BCUT2D eigenvalue weighted by atomic mass is 35.5. The second-order valence-corrected chi connectivity index (χ2v) is 8.65. The van der Waals surface area contributed by atoms with Crippen molar-refractivity contribution >= 4 is 28.3 Å². The number of rotatable bonds is 6. The molecule has 0 atom stereocenters. The van der Waals surface area contributed by atoms with Crippen molar-refractivity contribution < 1.29 is 13.2 Å². The Balaban J connectivity index is 0.00000280. The third kappa shape index (κ3) is 4.72. The first kappa shape index (κ1) is 22.4.